The van der Waals surface area contributed by atoms with E-state index in [0.717, 1.165) is 23.5 Å². The molecule has 0 aromatic heterocycles. The highest BCUT2D eigenvalue weighted by Gasteiger charge is 2.10. The van der Waals surface area contributed by atoms with E-state index >= 15 is 0 Å². The van der Waals surface area contributed by atoms with Crippen molar-refractivity contribution in [1.82, 2.24) is 5.32 Å². The fourth-order valence-electron chi connectivity index (χ4n) is 2.52. The van der Waals surface area contributed by atoms with Crippen molar-refractivity contribution in [2.24, 2.45) is 0 Å². The van der Waals surface area contributed by atoms with Crippen LogP contribution < -0.4 is 19.5 Å². The maximum absolute atomic E-state index is 12.1. The Bertz CT molecular complexity index is 770. The van der Waals surface area contributed by atoms with E-state index in [4.69, 9.17) is 14.2 Å². The third kappa shape index (κ3) is 4.53. The molecule has 5 heteroatoms. The van der Waals surface area contributed by atoms with Crippen LogP contribution in [0.4, 0.5) is 0 Å². The van der Waals surface area contributed by atoms with Gasteiger partial charge in [-0.1, -0.05) is 24.3 Å². The van der Waals surface area contributed by atoms with Crippen molar-refractivity contribution < 1.29 is 19.0 Å². The van der Waals surface area contributed by atoms with Crippen molar-refractivity contribution >= 4 is 12.0 Å². The first-order chi connectivity index (χ1) is 12.3. The Morgan fingerprint density at radius 1 is 1.16 bits per heavy atom. The molecule has 0 spiro atoms. The van der Waals surface area contributed by atoms with Gasteiger partial charge >= 0.3 is 0 Å². The molecule has 1 N–H and O–H groups in total. The molecule has 5 nitrogen and oxygen atoms in total. The third-order valence-corrected chi connectivity index (χ3v) is 3.81. The summed E-state index contributed by atoms with van der Waals surface area (Å²) in [5.41, 5.74) is 1.64. The van der Waals surface area contributed by atoms with E-state index in [1.807, 2.05) is 36.4 Å². The van der Waals surface area contributed by atoms with E-state index in [1.54, 1.807) is 25.3 Å². The molecule has 0 unspecified atom stereocenters. The number of ether oxygens (including phenoxy) is 3. The Labute approximate surface area is 147 Å². The van der Waals surface area contributed by atoms with E-state index < -0.39 is 0 Å². The Morgan fingerprint density at radius 2 is 2.00 bits per heavy atom. The highest BCUT2D eigenvalue weighted by molar-refractivity contribution is 5.94. The molecular formula is C20H21NO4. The van der Waals surface area contributed by atoms with Crippen LogP contribution in [-0.2, 0) is 0 Å². The van der Waals surface area contributed by atoms with Gasteiger partial charge in [-0.15, -0.1) is 0 Å². The summed E-state index contributed by atoms with van der Waals surface area (Å²) in [5.74, 6) is 2.13. The first kappa shape index (κ1) is 16.9. The quantitative estimate of drug-likeness (QED) is 0.821. The molecule has 0 radical (unpaired) electrons. The maximum Gasteiger partial charge on any atom is 0.251 e. The number of methoxy groups -OCH3 is 1. The molecule has 0 aliphatic carbocycles. The summed E-state index contributed by atoms with van der Waals surface area (Å²) in [6, 6.07) is 13.0. The van der Waals surface area contributed by atoms with Gasteiger partial charge in [0.05, 0.1) is 7.11 Å². The molecule has 1 aliphatic rings. The molecule has 1 aliphatic heterocycles. The lowest BCUT2D eigenvalue weighted by atomic mass is 10.1. The Morgan fingerprint density at radius 3 is 2.84 bits per heavy atom. The van der Waals surface area contributed by atoms with Crippen molar-refractivity contribution in [3.8, 4) is 17.2 Å². The zero-order valence-electron chi connectivity index (χ0n) is 14.2. The second kappa shape index (κ2) is 8.24. The summed E-state index contributed by atoms with van der Waals surface area (Å²) in [5, 5.41) is 2.90. The van der Waals surface area contributed by atoms with Gasteiger partial charge in [-0.2, -0.15) is 0 Å². The van der Waals surface area contributed by atoms with Crippen molar-refractivity contribution in [3.05, 3.63) is 59.7 Å². The van der Waals surface area contributed by atoms with Gasteiger partial charge in [0.25, 0.3) is 5.91 Å². The summed E-state index contributed by atoms with van der Waals surface area (Å²) in [6.07, 6.45) is 4.78. The van der Waals surface area contributed by atoms with Crippen molar-refractivity contribution in [2.45, 2.75) is 6.42 Å². The number of rotatable bonds is 6. The summed E-state index contributed by atoms with van der Waals surface area (Å²) >= 11 is 0. The number of nitrogens with one attached hydrogen (secondary N) is 1. The van der Waals surface area contributed by atoms with E-state index in [2.05, 4.69) is 5.32 Å². The third-order valence-electron chi connectivity index (χ3n) is 3.81. The van der Waals surface area contributed by atoms with E-state index in [0.29, 0.717) is 31.1 Å². The molecule has 2 aromatic carbocycles. The molecule has 25 heavy (non-hydrogen) atoms. The normalized spacial score (nSPS) is 12.8. The molecular weight excluding hydrogens is 318 g/mol. The topological polar surface area (TPSA) is 56.8 Å². The molecule has 0 saturated heterocycles. The zero-order valence-corrected chi connectivity index (χ0v) is 14.2. The number of hydrogen-bond acceptors (Lipinski definition) is 4. The highest BCUT2D eigenvalue weighted by atomic mass is 16.6. The van der Waals surface area contributed by atoms with Crippen LogP contribution in [0.25, 0.3) is 6.08 Å². The average Bonchev–Trinajstić information content (AvgIpc) is 2.67. The lowest BCUT2D eigenvalue weighted by Crippen LogP contribution is -2.24. The minimum atomic E-state index is -0.105. The summed E-state index contributed by atoms with van der Waals surface area (Å²) in [7, 11) is 1.58. The maximum atomic E-state index is 12.1. The SMILES string of the molecule is COc1cccc(C(=O)NCC/C=C/c2ccc3c(c2)OCCO3)c1. The average molecular weight is 339 g/mol. The van der Waals surface area contributed by atoms with Crippen molar-refractivity contribution in [2.75, 3.05) is 26.9 Å². The number of amides is 1. The summed E-state index contributed by atoms with van der Waals surface area (Å²) in [6.45, 7) is 1.74. The summed E-state index contributed by atoms with van der Waals surface area (Å²) in [4.78, 5) is 12.1. The second-order valence-corrected chi connectivity index (χ2v) is 5.58. The molecule has 0 fully saturated rings. The van der Waals surface area contributed by atoms with Gasteiger partial charge in [-0.05, 0) is 42.3 Å². The highest BCUT2D eigenvalue weighted by Crippen LogP contribution is 2.31. The van der Waals surface area contributed by atoms with Gasteiger partial charge in [0.2, 0.25) is 0 Å². The van der Waals surface area contributed by atoms with Crippen LogP contribution in [0.5, 0.6) is 17.2 Å². The predicted molar refractivity (Wildman–Crippen MR) is 96.4 cm³/mol. The fourth-order valence-corrected chi connectivity index (χ4v) is 2.52. The number of carbonyl (C=O) groups is 1. The predicted octanol–water partition coefficient (Wildman–Crippen LogP) is 3.30. The fraction of sp³-hybridized carbons (Fsp3) is 0.250. The number of fused-ring (bicyclic) bond motifs is 1. The van der Waals surface area contributed by atoms with Crippen LogP contribution in [0.3, 0.4) is 0 Å². The number of benzene rings is 2. The van der Waals surface area contributed by atoms with Crippen LogP contribution in [0, 0.1) is 0 Å². The monoisotopic (exact) mass is 339 g/mol. The van der Waals surface area contributed by atoms with Crippen molar-refractivity contribution in [1.29, 1.82) is 0 Å². The molecule has 130 valence electrons. The van der Waals surface area contributed by atoms with E-state index in [-0.39, 0.29) is 5.91 Å². The molecule has 1 heterocycles. The van der Waals surface area contributed by atoms with Gasteiger partial charge in [-0.25, -0.2) is 0 Å². The second-order valence-electron chi connectivity index (χ2n) is 5.58. The Balaban J connectivity index is 1.47. The molecule has 2 aromatic rings. The first-order valence-electron chi connectivity index (χ1n) is 8.25. The minimum Gasteiger partial charge on any atom is -0.497 e. The first-order valence-corrected chi connectivity index (χ1v) is 8.25. The lowest BCUT2D eigenvalue weighted by molar-refractivity contribution is 0.0954. The lowest BCUT2D eigenvalue weighted by Gasteiger charge is -2.18. The van der Waals surface area contributed by atoms with E-state index in [1.165, 1.54) is 0 Å². The molecule has 3 rings (SSSR count). The largest absolute Gasteiger partial charge is 0.497 e. The number of hydrogen-bond donors (Lipinski definition) is 1. The van der Waals surface area contributed by atoms with Crippen LogP contribution in [0.15, 0.2) is 48.5 Å². The van der Waals surface area contributed by atoms with E-state index in [9.17, 15) is 4.79 Å². The standard InChI is InChI=1S/C20H21NO4/c1-23-17-7-4-6-16(14-17)20(22)21-10-3-2-5-15-8-9-18-19(13-15)25-12-11-24-18/h2,4-9,13-14H,3,10-12H2,1H3,(H,21,22)/b5-2+. The van der Waals surface area contributed by atoms with Crippen LogP contribution in [0.1, 0.15) is 22.3 Å². The molecule has 1 amide bonds. The zero-order chi connectivity index (χ0) is 17.5. The Hall–Kier alpha value is -2.95. The van der Waals surface area contributed by atoms with Crippen LogP contribution in [0.2, 0.25) is 0 Å². The van der Waals surface area contributed by atoms with Gasteiger partial charge in [0.1, 0.15) is 19.0 Å². The van der Waals surface area contributed by atoms with Gasteiger partial charge in [-0.3, -0.25) is 4.79 Å². The van der Waals surface area contributed by atoms with Gasteiger partial charge < -0.3 is 19.5 Å². The molecule has 0 bridgehead atoms. The number of carbonyl (C=O) groups excluding carboxylic acids is 1. The minimum absolute atomic E-state index is 0.105. The molecule has 0 atom stereocenters. The smallest absolute Gasteiger partial charge is 0.251 e. The Kier molecular flexibility index (Phi) is 5.57. The van der Waals surface area contributed by atoms with Crippen molar-refractivity contribution in [3.63, 3.8) is 0 Å². The van der Waals surface area contributed by atoms with Gasteiger partial charge in [0, 0.05) is 12.1 Å². The van der Waals surface area contributed by atoms with Crippen LogP contribution in [-0.4, -0.2) is 32.8 Å². The summed E-state index contributed by atoms with van der Waals surface area (Å²) < 4.78 is 16.2. The van der Waals surface area contributed by atoms with Gasteiger partial charge in [0.15, 0.2) is 11.5 Å². The molecule has 0 saturated carbocycles. The van der Waals surface area contributed by atoms with Crippen LogP contribution >= 0.6 is 0 Å².